The second-order valence-electron chi connectivity index (χ2n) is 9.10. The molecule has 0 spiro atoms. The highest BCUT2D eigenvalue weighted by molar-refractivity contribution is 6.13. The molecule has 0 atom stereocenters. The van der Waals surface area contributed by atoms with Gasteiger partial charge in [0, 0.05) is 42.2 Å². The van der Waals surface area contributed by atoms with Gasteiger partial charge in [-0.05, 0) is 66.8 Å². The van der Waals surface area contributed by atoms with Gasteiger partial charge in [-0.3, -0.25) is 0 Å². The van der Waals surface area contributed by atoms with E-state index < -0.39 is 0 Å². The van der Waals surface area contributed by atoms with Crippen molar-refractivity contribution in [2.75, 3.05) is 18.5 Å². The van der Waals surface area contributed by atoms with Crippen LogP contribution in [0.25, 0.3) is 44.3 Å². The Morgan fingerprint density at radius 1 is 0.939 bits per heavy atom. The standard InChI is InChI=1S/C29H26FN2O/c1-18-9-11-21-22-12-13-23(30)27(20-10-14-24-19(17-20)7-6-16-31(24)2)29(22)33-28(21)26(18)25-8-4-5-15-32(25)3/h4-5,8-15,17H,6-7,16H2,1-3H3/q+1. The second kappa shape index (κ2) is 7.45. The third-order valence-corrected chi connectivity index (χ3v) is 7.00. The van der Waals surface area contributed by atoms with Gasteiger partial charge in [0.15, 0.2) is 6.20 Å². The first kappa shape index (κ1) is 20.0. The number of hydrogen-bond donors (Lipinski definition) is 0. The zero-order chi connectivity index (χ0) is 22.7. The number of anilines is 1. The summed E-state index contributed by atoms with van der Waals surface area (Å²) in [5.41, 5.74) is 8.57. The second-order valence-corrected chi connectivity index (χ2v) is 9.10. The molecule has 3 aromatic carbocycles. The van der Waals surface area contributed by atoms with Gasteiger partial charge in [-0.2, -0.15) is 0 Å². The Kier molecular flexibility index (Phi) is 4.51. The summed E-state index contributed by atoms with van der Waals surface area (Å²) < 4.78 is 24.0. The molecule has 1 aliphatic rings. The van der Waals surface area contributed by atoms with Gasteiger partial charge in [-0.15, -0.1) is 0 Å². The van der Waals surface area contributed by atoms with Gasteiger partial charge in [0.2, 0.25) is 5.69 Å². The first-order chi connectivity index (χ1) is 16.0. The maximum absolute atomic E-state index is 15.3. The van der Waals surface area contributed by atoms with Crippen LogP contribution in [0.2, 0.25) is 0 Å². The fourth-order valence-corrected chi connectivity index (χ4v) is 5.29. The molecule has 0 saturated heterocycles. The number of nitrogens with zero attached hydrogens (tertiary/aromatic N) is 2. The Bertz CT molecular complexity index is 1550. The molecule has 0 unspecified atom stereocenters. The highest BCUT2D eigenvalue weighted by atomic mass is 19.1. The number of aryl methyl sites for hydroxylation is 3. The number of aromatic nitrogens is 1. The van der Waals surface area contributed by atoms with Crippen LogP contribution >= 0.6 is 0 Å². The van der Waals surface area contributed by atoms with Crippen LogP contribution in [-0.2, 0) is 13.5 Å². The van der Waals surface area contributed by atoms with Crippen LogP contribution in [0.4, 0.5) is 10.1 Å². The molecule has 3 nitrogen and oxygen atoms in total. The number of pyridine rings is 1. The molecule has 33 heavy (non-hydrogen) atoms. The highest BCUT2D eigenvalue weighted by Gasteiger charge is 2.23. The quantitative estimate of drug-likeness (QED) is 0.291. The van der Waals surface area contributed by atoms with E-state index in [2.05, 4.69) is 53.8 Å². The van der Waals surface area contributed by atoms with Gasteiger partial charge in [0.05, 0.1) is 11.1 Å². The minimum absolute atomic E-state index is 0.255. The largest absolute Gasteiger partial charge is 0.454 e. The third-order valence-electron chi connectivity index (χ3n) is 7.00. The fraction of sp³-hybridized carbons (Fsp3) is 0.207. The molecule has 2 aromatic heterocycles. The van der Waals surface area contributed by atoms with E-state index in [1.54, 1.807) is 6.07 Å². The Labute approximate surface area is 192 Å². The first-order valence-electron chi connectivity index (χ1n) is 11.5. The van der Waals surface area contributed by atoms with Crippen molar-refractivity contribution < 1.29 is 13.4 Å². The Morgan fingerprint density at radius 3 is 2.55 bits per heavy atom. The molecule has 164 valence electrons. The number of benzene rings is 3. The summed E-state index contributed by atoms with van der Waals surface area (Å²) in [7, 11) is 4.15. The van der Waals surface area contributed by atoms with Gasteiger partial charge < -0.3 is 9.32 Å². The zero-order valence-electron chi connectivity index (χ0n) is 19.2. The van der Waals surface area contributed by atoms with Crippen LogP contribution in [0.3, 0.4) is 0 Å². The van der Waals surface area contributed by atoms with E-state index in [0.717, 1.165) is 58.1 Å². The number of hydrogen-bond acceptors (Lipinski definition) is 2. The molecule has 0 fully saturated rings. The van der Waals surface area contributed by atoms with Gasteiger partial charge >= 0.3 is 0 Å². The maximum Gasteiger partial charge on any atom is 0.216 e. The van der Waals surface area contributed by atoms with Crippen molar-refractivity contribution in [3.8, 4) is 22.4 Å². The average Bonchev–Trinajstić information content (AvgIpc) is 3.18. The molecule has 6 rings (SSSR count). The topological polar surface area (TPSA) is 20.3 Å². The molecule has 0 bridgehead atoms. The first-order valence-corrected chi connectivity index (χ1v) is 11.5. The van der Waals surface area contributed by atoms with Gasteiger partial charge in [0.1, 0.15) is 24.0 Å². The Hall–Kier alpha value is -3.66. The van der Waals surface area contributed by atoms with Gasteiger partial charge in [-0.25, -0.2) is 8.96 Å². The summed E-state index contributed by atoms with van der Waals surface area (Å²) in [6.07, 6.45) is 4.16. The van der Waals surface area contributed by atoms with E-state index in [-0.39, 0.29) is 5.82 Å². The minimum Gasteiger partial charge on any atom is -0.454 e. The number of fused-ring (bicyclic) bond motifs is 4. The molecule has 0 radical (unpaired) electrons. The monoisotopic (exact) mass is 437 g/mol. The third kappa shape index (κ3) is 3.05. The SMILES string of the molecule is Cc1ccc2c(oc3c(-c4ccc5c(c4)CCCN5C)c(F)ccc32)c1-c1cccc[n+]1C. The lowest BCUT2D eigenvalue weighted by atomic mass is 9.95. The van der Waals surface area contributed by atoms with Crippen LogP contribution < -0.4 is 9.47 Å². The summed E-state index contributed by atoms with van der Waals surface area (Å²) in [5.74, 6) is -0.255. The van der Waals surface area contributed by atoms with Crippen LogP contribution in [0, 0.1) is 12.7 Å². The van der Waals surface area contributed by atoms with Crippen molar-refractivity contribution in [3.05, 3.63) is 83.8 Å². The number of furan rings is 1. The predicted octanol–water partition coefficient (Wildman–Crippen LogP) is 6.57. The molecule has 3 heterocycles. The number of rotatable bonds is 2. The van der Waals surface area contributed by atoms with Gasteiger partial charge in [0.25, 0.3) is 0 Å². The maximum atomic E-state index is 15.3. The lowest BCUT2D eigenvalue weighted by Gasteiger charge is -2.27. The van der Waals surface area contributed by atoms with E-state index in [1.807, 2.05) is 37.5 Å². The Balaban J connectivity index is 1.65. The van der Waals surface area contributed by atoms with Gasteiger partial charge in [-0.1, -0.05) is 18.2 Å². The lowest BCUT2D eigenvalue weighted by molar-refractivity contribution is -0.660. The van der Waals surface area contributed by atoms with Crippen molar-refractivity contribution in [1.29, 1.82) is 0 Å². The van der Waals surface area contributed by atoms with Crippen molar-refractivity contribution >= 4 is 27.6 Å². The molecule has 0 aliphatic carbocycles. The lowest BCUT2D eigenvalue weighted by Crippen LogP contribution is -2.30. The summed E-state index contributed by atoms with van der Waals surface area (Å²) in [6.45, 7) is 3.15. The smallest absolute Gasteiger partial charge is 0.216 e. The van der Waals surface area contributed by atoms with E-state index in [0.29, 0.717) is 11.1 Å². The average molecular weight is 438 g/mol. The van der Waals surface area contributed by atoms with E-state index in [4.69, 9.17) is 4.42 Å². The fourth-order valence-electron chi connectivity index (χ4n) is 5.29. The molecule has 0 N–H and O–H groups in total. The van der Waals surface area contributed by atoms with Crippen LogP contribution in [0.15, 0.2) is 71.3 Å². The van der Waals surface area contributed by atoms with Crippen molar-refractivity contribution in [2.45, 2.75) is 19.8 Å². The summed E-state index contributed by atoms with van der Waals surface area (Å²) >= 11 is 0. The highest BCUT2D eigenvalue weighted by Crippen LogP contribution is 2.42. The van der Waals surface area contributed by atoms with Crippen LogP contribution in [-0.4, -0.2) is 13.6 Å². The molecule has 5 aromatic rings. The summed E-state index contributed by atoms with van der Waals surface area (Å²) in [4.78, 5) is 2.27. The molecule has 1 aliphatic heterocycles. The summed E-state index contributed by atoms with van der Waals surface area (Å²) in [6, 6.07) is 20.0. The van der Waals surface area contributed by atoms with E-state index >= 15 is 4.39 Å². The van der Waals surface area contributed by atoms with Crippen molar-refractivity contribution in [2.24, 2.45) is 7.05 Å². The number of halogens is 1. The minimum atomic E-state index is -0.255. The van der Waals surface area contributed by atoms with E-state index in [9.17, 15) is 0 Å². The van der Waals surface area contributed by atoms with Crippen LogP contribution in [0.5, 0.6) is 0 Å². The Morgan fingerprint density at radius 2 is 1.73 bits per heavy atom. The predicted molar refractivity (Wildman–Crippen MR) is 132 cm³/mol. The van der Waals surface area contributed by atoms with E-state index in [1.165, 1.54) is 11.3 Å². The van der Waals surface area contributed by atoms with Crippen molar-refractivity contribution in [3.63, 3.8) is 0 Å². The molecule has 4 heteroatoms. The summed E-state index contributed by atoms with van der Waals surface area (Å²) in [5, 5.41) is 1.95. The molecular weight excluding hydrogens is 411 g/mol. The zero-order valence-corrected chi connectivity index (χ0v) is 19.2. The van der Waals surface area contributed by atoms with Crippen LogP contribution in [0.1, 0.15) is 17.5 Å². The molecule has 0 amide bonds. The molecular formula is C29H26FN2O+. The molecule has 0 saturated carbocycles. The van der Waals surface area contributed by atoms with Crippen molar-refractivity contribution in [1.82, 2.24) is 0 Å². The normalized spacial score (nSPS) is 13.6.